The quantitative estimate of drug-likeness (QED) is 0.435. The number of fused-ring (bicyclic) bond motifs is 1. The van der Waals surface area contributed by atoms with E-state index >= 15 is 0 Å². The highest BCUT2D eigenvalue weighted by Gasteiger charge is 2.44. The fourth-order valence-electron chi connectivity index (χ4n) is 5.68. The average Bonchev–Trinajstić information content (AvgIpc) is 2.90. The smallest absolute Gasteiger partial charge is 0.162 e. The molecule has 2 aliphatic rings. The summed E-state index contributed by atoms with van der Waals surface area (Å²) in [5, 5.41) is 12.5. The van der Waals surface area contributed by atoms with Crippen molar-refractivity contribution in [3.05, 3.63) is 101 Å². The first-order valence-electron chi connectivity index (χ1n) is 12.9. The van der Waals surface area contributed by atoms with Gasteiger partial charge in [0.1, 0.15) is 18.2 Å². The van der Waals surface area contributed by atoms with E-state index < -0.39 is 5.92 Å². The minimum absolute atomic E-state index is 0.0696. The SMILES string of the molecule is COCCN1C(N)=C(C#N)[C@@H](c2ccc(OCc3cccc4ccccc34)cc2)C2=C1CC(C)(C)CC2=O. The van der Waals surface area contributed by atoms with Crippen molar-refractivity contribution in [2.24, 2.45) is 11.1 Å². The van der Waals surface area contributed by atoms with Gasteiger partial charge in [-0.3, -0.25) is 4.79 Å². The van der Waals surface area contributed by atoms with Gasteiger partial charge in [-0.1, -0.05) is 68.4 Å². The first kappa shape index (κ1) is 25.6. The second kappa shape index (κ2) is 10.4. The molecule has 6 heteroatoms. The molecule has 0 bridgehead atoms. The van der Waals surface area contributed by atoms with Gasteiger partial charge in [0, 0.05) is 31.3 Å². The Bertz CT molecular complexity index is 1470. The molecule has 3 aromatic rings. The third-order valence-electron chi connectivity index (χ3n) is 7.49. The summed E-state index contributed by atoms with van der Waals surface area (Å²) in [5.41, 5.74) is 10.4. The Morgan fingerprint density at radius 3 is 2.53 bits per heavy atom. The average molecular weight is 508 g/mol. The summed E-state index contributed by atoms with van der Waals surface area (Å²) in [4.78, 5) is 15.4. The lowest BCUT2D eigenvalue weighted by Crippen LogP contribution is -2.43. The molecule has 194 valence electrons. The number of hydrogen-bond acceptors (Lipinski definition) is 6. The topological polar surface area (TPSA) is 88.6 Å². The maximum Gasteiger partial charge on any atom is 0.162 e. The maximum atomic E-state index is 13.5. The summed E-state index contributed by atoms with van der Waals surface area (Å²) in [5.74, 6) is 0.694. The number of rotatable bonds is 7. The number of carbonyl (C=O) groups excluding carboxylic acids is 1. The largest absolute Gasteiger partial charge is 0.489 e. The van der Waals surface area contributed by atoms with Crippen LogP contribution in [-0.2, 0) is 16.1 Å². The lowest BCUT2D eigenvalue weighted by atomic mass is 9.68. The normalized spacial score (nSPS) is 18.9. The van der Waals surface area contributed by atoms with Gasteiger partial charge in [0.25, 0.3) is 0 Å². The van der Waals surface area contributed by atoms with E-state index in [0.717, 1.165) is 22.6 Å². The summed E-state index contributed by atoms with van der Waals surface area (Å²) < 4.78 is 11.4. The molecule has 0 spiro atoms. The fraction of sp³-hybridized carbons (Fsp3) is 0.312. The Morgan fingerprint density at radius 2 is 1.79 bits per heavy atom. The van der Waals surface area contributed by atoms with Crippen molar-refractivity contribution in [3.8, 4) is 11.8 Å². The number of methoxy groups -OCH3 is 1. The highest BCUT2D eigenvalue weighted by molar-refractivity contribution is 6.00. The molecule has 0 radical (unpaired) electrons. The lowest BCUT2D eigenvalue weighted by molar-refractivity contribution is -0.118. The Balaban J connectivity index is 1.46. The van der Waals surface area contributed by atoms with Crippen LogP contribution >= 0.6 is 0 Å². The standard InChI is InChI=1S/C32H33N3O3/c1-32(2)17-27-30(28(36)18-32)29(26(19-33)31(34)35(27)15-16-37-3)22-11-13-24(14-12-22)38-20-23-9-6-8-21-7-4-5-10-25(21)23/h4-14,29H,15-18,20,34H2,1-3H3/t29-/m1/s1. The lowest BCUT2D eigenvalue weighted by Gasteiger charge is -2.43. The van der Waals surface area contributed by atoms with Crippen molar-refractivity contribution in [1.82, 2.24) is 4.90 Å². The molecule has 0 fully saturated rings. The molecule has 1 heterocycles. The molecule has 5 rings (SSSR count). The molecular weight excluding hydrogens is 474 g/mol. The zero-order valence-corrected chi connectivity index (χ0v) is 22.2. The molecule has 1 aliphatic carbocycles. The van der Waals surface area contributed by atoms with Crippen molar-refractivity contribution in [2.75, 3.05) is 20.3 Å². The molecule has 1 aliphatic heterocycles. The predicted octanol–water partition coefficient (Wildman–Crippen LogP) is 5.80. The molecule has 0 amide bonds. The molecule has 0 unspecified atom stereocenters. The van der Waals surface area contributed by atoms with Crippen molar-refractivity contribution < 1.29 is 14.3 Å². The van der Waals surface area contributed by atoms with E-state index in [1.165, 1.54) is 10.8 Å². The first-order chi connectivity index (χ1) is 18.3. The molecule has 38 heavy (non-hydrogen) atoms. The summed E-state index contributed by atoms with van der Waals surface area (Å²) in [6, 6.07) is 24.5. The van der Waals surface area contributed by atoms with Crippen LogP contribution in [0.25, 0.3) is 10.8 Å². The first-order valence-corrected chi connectivity index (χ1v) is 12.9. The van der Waals surface area contributed by atoms with Crippen LogP contribution in [0.3, 0.4) is 0 Å². The van der Waals surface area contributed by atoms with E-state index in [1.807, 2.05) is 47.4 Å². The van der Waals surface area contributed by atoms with Crippen LogP contribution in [0.15, 0.2) is 89.4 Å². The molecule has 1 atom stereocenters. The molecule has 2 N–H and O–H groups in total. The van der Waals surface area contributed by atoms with E-state index in [4.69, 9.17) is 15.2 Å². The van der Waals surface area contributed by atoms with E-state index in [1.54, 1.807) is 7.11 Å². The van der Waals surface area contributed by atoms with E-state index in [9.17, 15) is 10.1 Å². The zero-order valence-electron chi connectivity index (χ0n) is 22.2. The van der Waals surface area contributed by atoms with Crippen LogP contribution in [-0.4, -0.2) is 30.9 Å². The number of carbonyl (C=O) groups is 1. The number of allylic oxidation sites excluding steroid dienone is 3. The molecular formula is C32H33N3O3. The van der Waals surface area contributed by atoms with E-state index in [2.05, 4.69) is 44.2 Å². The predicted molar refractivity (Wildman–Crippen MR) is 148 cm³/mol. The van der Waals surface area contributed by atoms with Gasteiger partial charge in [-0.2, -0.15) is 5.26 Å². The van der Waals surface area contributed by atoms with E-state index in [0.29, 0.717) is 49.6 Å². The Labute approximate surface area is 223 Å². The Morgan fingerprint density at radius 1 is 1.05 bits per heavy atom. The highest BCUT2D eigenvalue weighted by Crippen LogP contribution is 2.49. The van der Waals surface area contributed by atoms with Gasteiger partial charge in [0.15, 0.2) is 5.78 Å². The second-order valence-electron chi connectivity index (χ2n) is 10.8. The van der Waals surface area contributed by atoms with Crippen LogP contribution in [0.5, 0.6) is 5.75 Å². The zero-order chi connectivity index (χ0) is 26.9. The number of hydrogen-bond donors (Lipinski definition) is 1. The third kappa shape index (κ3) is 4.78. The van der Waals surface area contributed by atoms with Crippen molar-refractivity contribution >= 4 is 16.6 Å². The third-order valence-corrected chi connectivity index (χ3v) is 7.49. The van der Waals surface area contributed by atoms with E-state index in [-0.39, 0.29) is 11.2 Å². The van der Waals surface area contributed by atoms with Crippen LogP contribution in [0.1, 0.15) is 43.7 Å². The number of nitrogens with zero attached hydrogens (tertiary/aromatic N) is 2. The number of nitrogens with two attached hydrogens (primary N) is 1. The number of nitriles is 1. The van der Waals surface area contributed by atoms with Crippen LogP contribution in [0.2, 0.25) is 0 Å². The maximum absolute atomic E-state index is 13.5. The van der Waals surface area contributed by atoms with Crippen LogP contribution in [0, 0.1) is 16.7 Å². The Kier molecular flexibility index (Phi) is 6.96. The molecule has 3 aromatic carbocycles. The van der Waals surface area contributed by atoms with Gasteiger partial charge in [-0.15, -0.1) is 0 Å². The van der Waals surface area contributed by atoms with Crippen LogP contribution in [0.4, 0.5) is 0 Å². The van der Waals surface area contributed by atoms with Gasteiger partial charge >= 0.3 is 0 Å². The Hall–Kier alpha value is -4.08. The van der Waals surface area contributed by atoms with Gasteiger partial charge in [0.05, 0.1) is 24.2 Å². The monoisotopic (exact) mass is 507 g/mol. The van der Waals surface area contributed by atoms with Gasteiger partial charge in [-0.25, -0.2) is 0 Å². The minimum Gasteiger partial charge on any atom is -0.489 e. The van der Waals surface area contributed by atoms with Crippen molar-refractivity contribution in [2.45, 2.75) is 39.2 Å². The van der Waals surface area contributed by atoms with Crippen molar-refractivity contribution in [1.29, 1.82) is 5.26 Å². The number of ketones is 1. The molecule has 0 saturated carbocycles. The summed E-state index contributed by atoms with van der Waals surface area (Å²) in [6.07, 6.45) is 1.14. The summed E-state index contributed by atoms with van der Waals surface area (Å²) >= 11 is 0. The minimum atomic E-state index is -0.496. The second-order valence-corrected chi connectivity index (χ2v) is 10.8. The van der Waals surface area contributed by atoms with Crippen LogP contribution < -0.4 is 10.5 Å². The fourth-order valence-corrected chi connectivity index (χ4v) is 5.68. The van der Waals surface area contributed by atoms with Crippen molar-refractivity contribution in [3.63, 3.8) is 0 Å². The molecule has 0 saturated heterocycles. The van der Waals surface area contributed by atoms with Gasteiger partial charge in [-0.05, 0) is 45.9 Å². The number of Topliss-reactive ketones (excluding diaryl/α,β-unsaturated/α-hetero) is 1. The molecule has 0 aromatic heterocycles. The summed E-state index contributed by atoms with van der Waals surface area (Å²) in [7, 11) is 1.63. The van der Waals surface area contributed by atoms with Gasteiger partial charge < -0.3 is 20.1 Å². The number of benzene rings is 3. The molecule has 6 nitrogen and oxygen atoms in total. The number of ether oxygens (including phenoxy) is 2. The van der Waals surface area contributed by atoms with Gasteiger partial charge in [0.2, 0.25) is 0 Å². The summed E-state index contributed by atoms with van der Waals surface area (Å²) in [6.45, 7) is 5.57. The highest BCUT2D eigenvalue weighted by atomic mass is 16.5.